The molecule has 120 valence electrons. The molecule has 22 heavy (non-hydrogen) atoms. The first-order chi connectivity index (χ1) is 10.1. The Bertz CT molecular complexity index is 589. The molecule has 0 bridgehead atoms. The molecule has 1 aromatic carbocycles. The molecule has 2 aromatic rings. The largest absolute Gasteiger partial charge is 0.329 e. The van der Waals surface area contributed by atoms with Gasteiger partial charge in [-0.25, -0.2) is 4.68 Å². The van der Waals surface area contributed by atoms with Crippen LogP contribution in [0.3, 0.4) is 0 Å². The number of amides is 1. The summed E-state index contributed by atoms with van der Waals surface area (Å²) < 4.78 is 1.53. The van der Waals surface area contributed by atoms with Gasteiger partial charge in [0.25, 0.3) is 0 Å². The van der Waals surface area contributed by atoms with Crippen LogP contribution in [0.2, 0.25) is 0 Å². The van der Waals surface area contributed by atoms with Gasteiger partial charge in [0, 0.05) is 12.2 Å². The highest BCUT2D eigenvalue weighted by atomic mass is 35.5. The fourth-order valence-electron chi connectivity index (χ4n) is 2.22. The SMILES string of the molecule is CCC(CC)(CN)C(=O)Nc1cccc(-n2cnnn2)c1.Cl. The number of carbonyl (C=O) groups excluding carboxylic acids is 1. The lowest BCUT2D eigenvalue weighted by Crippen LogP contribution is -2.41. The second kappa shape index (κ2) is 7.86. The second-order valence-electron chi connectivity index (χ2n) is 4.95. The van der Waals surface area contributed by atoms with Gasteiger partial charge in [-0.1, -0.05) is 19.9 Å². The third-order valence-electron chi connectivity index (χ3n) is 3.94. The number of benzene rings is 1. The molecule has 0 unspecified atom stereocenters. The first-order valence-corrected chi connectivity index (χ1v) is 7.00. The van der Waals surface area contributed by atoms with E-state index in [2.05, 4.69) is 20.8 Å². The fraction of sp³-hybridized carbons (Fsp3) is 0.429. The highest BCUT2D eigenvalue weighted by molar-refractivity contribution is 5.95. The average molecular weight is 325 g/mol. The minimum Gasteiger partial charge on any atom is -0.329 e. The summed E-state index contributed by atoms with van der Waals surface area (Å²) >= 11 is 0. The topological polar surface area (TPSA) is 98.7 Å². The van der Waals surface area contributed by atoms with Crippen molar-refractivity contribution in [2.45, 2.75) is 26.7 Å². The van der Waals surface area contributed by atoms with Crippen LogP contribution in [0.25, 0.3) is 5.69 Å². The van der Waals surface area contributed by atoms with Crippen LogP contribution in [0.15, 0.2) is 30.6 Å². The Balaban J connectivity index is 0.00000242. The number of hydrogen-bond donors (Lipinski definition) is 2. The zero-order chi connectivity index (χ0) is 15.3. The summed E-state index contributed by atoms with van der Waals surface area (Å²) in [7, 11) is 0. The lowest BCUT2D eigenvalue weighted by Gasteiger charge is -2.28. The monoisotopic (exact) mass is 324 g/mol. The quantitative estimate of drug-likeness (QED) is 0.844. The zero-order valence-electron chi connectivity index (χ0n) is 12.7. The lowest BCUT2D eigenvalue weighted by atomic mass is 9.81. The van der Waals surface area contributed by atoms with E-state index in [-0.39, 0.29) is 18.3 Å². The van der Waals surface area contributed by atoms with E-state index in [0.717, 1.165) is 5.69 Å². The van der Waals surface area contributed by atoms with Gasteiger partial charge in [0.15, 0.2) is 0 Å². The molecule has 3 N–H and O–H groups in total. The van der Waals surface area contributed by atoms with Crippen molar-refractivity contribution in [2.75, 3.05) is 11.9 Å². The van der Waals surface area contributed by atoms with Gasteiger partial charge < -0.3 is 11.1 Å². The highest BCUT2D eigenvalue weighted by Crippen LogP contribution is 2.27. The summed E-state index contributed by atoms with van der Waals surface area (Å²) in [5.41, 5.74) is 6.76. The van der Waals surface area contributed by atoms with Crippen molar-refractivity contribution < 1.29 is 4.79 Å². The van der Waals surface area contributed by atoms with E-state index in [1.54, 1.807) is 0 Å². The van der Waals surface area contributed by atoms with Crippen LogP contribution in [-0.2, 0) is 4.79 Å². The van der Waals surface area contributed by atoms with Crippen molar-refractivity contribution in [2.24, 2.45) is 11.1 Å². The van der Waals surface area contributed by atoms with Crippen LogP contribution in [0.5, 0.6) is 0 Å². The van der Waals surface area contributed by atoms with Crippen LogP contribution < -0.4 is 11.1 Å². The third kappa shape index (κ3) is 3.61. The summed E-state index contributed by atoms with van der Waals surface area (Å²) in [5.74, 6) is -0.0520. The van der Waals surface area contributed by atoms with E-state index in [4.69, 9.17) is 5.73 Å². The van der Waals surface area contributed by atoms with E-state index < -0.39 is 5.41 Å². The Morgan fingerprint density at radius 3 is 2.64 bits per heavy atom. The molecule has 0 aliphatic heterocycles. The Morgan fingerprint density at radius 1 is 1.36 bits per heavy atom. The van der Waals surface area contributed by atoms with Gasteiger partial charge in [0.1, 0.15) is 6.33 Å². The average Bonchev–Trinajstić information content (AvgIpc) is 3.04. The van der Waals surface area contributed by atoms with E-state index in [1.807, 2.05) is 38.1 Å². The molecule has 0 atom stereocenters. The van der Waals surface area contributed by atoms with Crippen LogP contribution >= 0.6 is 12.4 Å². The van der Waals surface area contributed by atoms with Gasteiger partial charge >= 0.3 is 0 Å². The molecular formula is C14H21ClN6O. The van der Waals surface area contributed by atoms with E-state index in [1.165, 1.54) is 11.0 Å². The maximum absolute atomic E-state index is 12.5. The molecular weight excluding hydrogens is 304 g/mol. The van der Waals surface area contributed by atoms with Gasteiger partial charge in [-0.3, -0.25) is 4.79 Å². The minimum absolute atomic E-state index is 0. The molecule has 0 aliphatic rings. The molecule has 1 aromatic heterocycles. The molecule has 8 heteroatoms. The van der Waals surface area contributed by atoms with Gasteiger partial charge in [0.05, 0.1) is 11.1 Å². The highest BCUT2D eigenvalue weighted by Gasteiger charge is 2.33. The van der Waals surface area contributed by atoms with Crippen LogP contribution in [0, 0.1) is 5.41 Å². The van der Waals surface area contributed by atoms with Gasteiger partial charge in [0.2, 0.25) is 5.91 Å². The fourth-order valence-corrected chi connectivity index (χ4v) is 2.22. The summed E-state index contributed by atoms with van der Waals surface area (Å²) in [4.78, 5) is 12.5. The Hall–Kier alpha value is -1.99. The molecule has 0 fully saturated rings. The van der Waals surface area contributed by atoms with E-state index in [0.29, 0.717) is 25.1 Å². The minimum atomic E-state index is -0.523. The number of hydrogen-bond acceptors (Lipinski definition) is 5. The number of nitrogens with one attached hydrogen (secondary N) is 1. The van der Waals surface area contributed by atoms with Crippen molar-refractivity contribution >= 4 is 24.0 Å². The van der Waals surface area contributed by atoms with Gasteiger partial charge in [-0.05, 0) is 41.5 Å². The van der Waals surface area contributed by atoms with Crippen LogP contribution in [0.1, 0.15) is 26.7 Å². The molecule has 0 aliphatic carbocycles. The lowest BCUT2D eigenvalue weighted by molar-refractivity contribution is -0.125. The molecule has 1 amide bonds. The molecule has 0 saturated heterocycles. The molecule has 0 spiro atoms. The molecule has 0 radical (unpaired) electrons. The molecule has 0 saturated carbocycles. The number of carbonyl (C=O) groups is 1. The van der Waals surface area contributed by atoms with Crippen molar-refractivity contribution in [1.82, 2.24) is 20.2 Å². The van der Waals surface area contributed by atoms with Crippen molar-refractivity contribution in [3.8, 4) is 5.69 Å². The Labute approximate surface area is 135 Å². The Kier molecular flexibility index (Phi) is 6.45. The normalized spacial score (nSPS) is 10.9. The van der Waals surface area contributed by atoms with Crippen molar-refractivity contribution in [1.29, 1.82) is 0 Å². The number of tetrazole rings is 1. The zero-order valence-corrected chi connectivity index (χ0v) is 13.5. The first-order valence-electron chi connectivity index (χ1n) is 7.00. The predicted octanol–water partition coefficient (Wildman–Crippen LogP) is 1.79. The van der Waals surface area contributed by atoms with Gasteiger partial charge in [-0.15, -0.1) is 17.5 Å². The third-order valence-corrected chi connectivity index (χ3v) is 3.94. The summed E-state index contributed by atoms with van der Waals surface area (Å²) in [6, 6.07) is 7.36. The number of halogens is 1. The van der Waals surface area contributed by atoms with Gasteiger partial charge in [-0.2, -0.15) is 0 Å². The Morgan fingerprint density at radius 2 is 2.09 bits per heavy atom. The molecule has 2 rings (SSSR count). The number of aromatic nitrogens is 4. The number of nitrogens with two attached hydrogens (primary N) is 1. The standard InChI is InChI=1S/C14H20N6O.ClH/c1-3-14(4-2,9-15)13(21)17-11-6-5-7-12(8-11)20-10-16-18-19-20;/h5-8,10H,3-4,9,15H2,1-2H3,(H,17,21);1H. The summed E-state index contributed by atoms with van der Waals surface area (Å²) in [5, 5.41) is 14.0. The van der Waals surface area contributed by atoms with Crippen molar-refractivity contribution in [3.05, 3.63) is 30.6 Å². The summed E-state index contributed by atoms with van der Waals surface area (Å²) in [6.45, 7) is 4.29. The maximum atomic E-state index is 12.5. The van der Waals surface area contributed by atoms with Crippen LogP contribution in [-0.4, -0.2) is 32.7 Å². The van der Waals surface area contributed by atoms with E-state index >= 15 is 0 Å². The number of anilines is 1. The first kappa shape index (κ1) is 18.1. The number of rotatable bonds is 6. The number of nitrogens with zero attached hydrogens (tertiary/aromatic N) is 4. The summed E-state index contributed by atoms with van der Waals surface area (Å²) in [6.07, 6.45) is 2.92. The van der Waals surface area contributed by atoms with Crippen LogP contribution in [0.4, 0.5) is 5.69 Å². The maximum Gasteiger partial charge on any atom is 0.231 e. The van der Waals surface area contributed by atoms with E-state index in [9.17, 15) is 4.79 Å². The molecule has 7 nitrogen and oxygen atoms in total. The second-order valence-corrected chi connectivity index (χ2v) is 4.95. The molecule has 1 heterocycles. The smallest absolute Gasteiger partial charge is 0.231 e. The predicted molar refractivity (Wildman–Crippen MR) is 87.1 cm³/mol. The van der Waals surface area contributed by atoms with Crippen molar-refractivity contribution in [3.63, 3.8) is 0 Å².